The van der Waals surface area contributed by atoms with Gasteiger partial charge >= 0.3 is 11.9 Å². The van der Waals surface area contributed by atoms with Gasteiger partial charge in [-0.25, -0.2) is 21.6 Å². The molecule has 1 aliphatic carbocycles. The van der Waals surface area contributed by atoms with Crippen molar-refractivity contribution in [3.8, 4) is 5.69 Å². The highest BCUT2D eigenvalue weighted by atomic mass is 32.2. The lowest BCUT2D eigenvalue weighted by atomic mass is 9.91. The molecule has 0 saturated carbocycles. The van der Waals surface area contributed by atoms with E-state index in [1.165, 1.54) is 0 Å². The van der Waals surface area contributed by atoms with Crippen LogP contribution in [0.3, 0.4) is 0 Å². The van der Waals surface area contributed by atoms with Crippen LogP contribution in [-0.4, -0.2) is 29.8 Å². The molecule has 0 aliphatic heterocycles. The van der Waals surface area contributed by atoms with Crippen LogP contribution in [0.15, 0.2) is 29.3 Å². The molecule has 2 aromatic rings. The first-order valence-corrected chi connectivity index (χ1v) is 9.41. The van der Waals surface area contributed by atoms with Crippen LogP contribution in [0.25, 0.3) is 5.69 Å². The second kappa shape index (κ2) is 6.69. The summed E-state index contributed by atoms with van der Waals surface area (Å²) in [4.78, 5) is -1.33. The van der Waals surface area contributed by atoms with Gasteiger partial charge in [0.25, 0.3) is 5.92 Å². The average Bonchev–Trinajstić information content (AvgIpc) is 2.98. The van der Waals surface area contributed by atoms with Crippen LogP contribution in [-0.2, 0) is 22.4 Å². The van der Waals surface area contributed by atoms with E-state index in [2.05, 4.69) is 0 Å². The van der Waals surface area contributed by atoms with E-state index >= 15 is 0 Å². The summed E-state index contributed by atoms with van der Waals surface area (Å²) >= 11 is 0. The molecule has 1 N–H and O–H groups in total. The van der Waals surface area contributed by atoms with E-state index in [4.69, 9.17) is 0 Å². The Morgan fingerprint density at radius 1 is 1.21 bits per heavy atom. The number of sulfone groups is 1. The molecule has 0 bridgehead atoms. The van der Waals surface area contributed by atoms with Gasteiger partial charge in [-0.2, -0.15) is 22.0 Å². The highest BCUT2D eigenvalue weighted by Crippen LogP contribution is 2.46. The minimum atomic E-state index is -5.48. The SMILES string of the molecule is O=S(=O)(c1cn(-c2ccc(F)c(C(F)(F)F)c2)c2c1[C@H](O)C(F)(F)CC2)C(F)F. The van der Waals surface area contributed by atoms with Gasteiger partial charge in [0.2, 0.25) is 9.84 Å². The first kappa shape index (κ1) is 21.6. The minimum Gasteiger partial charge on any atom is -0.382 e. The van der Waals surface area contributed by atoms with Gasteiger partial charge in [-0.1, -0.05) is 0 Å². The molecular formula is C16H11F8NO3S. The molecule has 0 saturated heterocycles. The largest absolute Gasteiger partial charge is 0.419 e. The summed E-state index contributed by atoms with van der Waals surface area (Å²) in [6.45, 7) is 0. The van der Waals surface area contributed by atoms with Gasteiger partial charge < -0.3 is 9.67 Å². The van der Waals surface area contributed by atoms with Crippen molar-refractivity contribution in [2.45, 2.75) is 41.7 Å². The Kier molecular flexibility index (Phi) is 4.97. The Hall–Kier alpha value is -2.15. The Balaban J connectivity index is 2.31. The maximum Gasteiger partial charge on any atom is 0.419 e. The van der Waals surface area contributed by atoms with Gasteiger partial charge in [0, 0.05) is 29.6 Å². The van der Waals surface area contributed by atoms with E-state index < -0.39 is 74.2 Å². The van der Waals surface area contributed by atoms with Gasteiger partial charge in [0.05, 0.1) is 10.5 Å². The molecule has 1 aromatic heterocycles. The van der Waals surface area contributed by atoms with Gasteiger partial charge in [-0.3, -0.25) is 0 Å². The van der Waals surface area contributed by atoms with Crippen LogP contribution >= 0.6 is 0 Å². The molecule has 13 heteroatoms. The van der Waals surface area contributed by atoms with Crippen molar-refractivity contribution in [1.82, 2.24) is 4.57 Å². The molecular weight excluding hydrogens is 438 g/mol. The summed E-state index contributed by atoms with van der Waals surface area (Å²) in [6.07, 6.45) is -9.09. The maximum atomic E-state index is 13.9. The summed E-state index contributed by atoms with van der Waals surface area (Å²) in [5.41, 5.74) is -3.62. The molecule has 1 atom stereocenters. The Morgan fingerprint density at radius 3 is 2.38 bits per heavy atom. The normalized spacial score (nSPS) is 19.4. The lowest BCUT2D eigenvalue weighted by molar-refractivity contribution is -0.140. The topological polar surface area (TPSA) is 59.3 Å². The summed E-state index contributed by atoms with van der Waals surface area (Å²) in [6, 6.07) is 1.50. The molecule has 0 fully saturated rings. The van der Waals surface area contributed by atoms with Crippen molar-refractivity contribution in [3.63, 3.8) is 0 Å². The van der Waals surface area contributed by atoms with Crippen LogP contribution < -0.4 is 0 Å². The zero-order chi connectivity index (χ0) is 21.9. The second-order valence-electron chi connectivity index (χ2n) is 6.35. The first-order valence-electron chi connectivity index (χ1n) is 7.87. The lowest BCUT2D eigenvalue weighted by Crippen LogP contribution is -2.33. The number of rotatable bonds is 3. The van der Waals surface area contributed by atoms with Crippen molar-refractivity contribution in [2.24, 2.45) is 0 Å². The summed E-state index contributed by atoms with van der Waals surface area (Å²) in [5, 5.41) is 9.89. The third-order valence-corrected chi connectivity index (χ3v) is 5.96. The van der Waals surface area contributed by atoms with E-state index in [1.54, 1.807) is 0 Å². The average molecular weight is 449 g/mol. The van der Waals surface area contributed by atoms with Crippen LogP contribution in [0.5, 0.6) is 0 Å². The van der Waals surface area contributed by atoms with Gasteiger partial charge in [-0.05, 0) is 24.6 Å². The maximum absolute atomic E-state index is 13.9. The highest BCUT2D eigenvalue weighted by Gasteiger charge is 2.49. The molecule has 0 spiro atoms. The van der Waals surface area contributed by atoms with Crippen LogP contribution in [0, 0.1) is 5.82 Å². The van der Waals surface area contributed by atoms with Crippen molar-refractivity contribution in [1.29, 1.82) is 0 Å². The standard InChI is InChI=1S/C16H11F8NO3S/c17-9-2-1-7(5-8(9)16(22,23)24)25-6-11(29(27,28)14(18)19)12-10(25)3-4-15(20,21)13(12)26/h1-2,5-6,13-14,26H,3-4H2/t13-/m0/s1. The summed E-state index contributed by atoms with van der Waals surface area (Å²) in [5.74, 6) is -9.51. The molecule has 0 amide bonds. The van der Waals surface area contributed by atoms with Gasteiger partial charge in [0.15, 0.2) is 0 Å². The molecule has 1 heterocycles. The molecule has 0 radical (unpaired) electrons. The summed E-state index contributed by atoms with van der Waals surface area (Å²) < 4.78 is 131. The number of hydrogen-bond acceptors (Lipinski definition) is 3. The van der Waals surface area contributed by atoms with Crippen LogP contribution in [0.2, 0.25) is 0 Å². The van der Waals surface area contributed by atoms with E-state index in [0.29, 0.717) is 16.8 Å². The summed E-state index contributed by atoms with van der Waals surface area (Å²) in [7, 11) is -5.48. The Labute approximate surface area is 158 Å². The van der Waals surface area contributed by atoms with Crippen molar-refractivity contribution in [2.75, 3.05) is 0 Å². The molecule has 0 unspecified atom stereocenters. The van der Waals surface area contributed by atoms with Crippen molar-refractivity contribution in [3.05, 3.63) is 47.0 Å². The van der Waals surface area contributed by atoms with E-state index in [1.807, 2.05) is 0 Å². The monoisotopic (exact) mass is 449 g/mol. The highest BCUT2D eigenvalue weighted by molar-refractivity contribution is 7.91. The second-order valence-corrected chi connectivity index (χ2v) is 8.24. The predicted octanol–water partition coefficient (Wildman–Crippen LogP) is 4.25. The van der Waals surface area contributed by atoms with Crippen LogP contribution in [0.1, 0.15) is 29.3 Å². The fourth-order valence-electron chi connectivity index (χ4n) is 3.15. The molecule has 160 valence electrons. The lowest BCUT2D eigenvalue weighted by Gasteiger charge is -2.29. The third-order valence-electron chi connectivity index (χ3n) is 4.56. The number of alkyl halides is 7. The minimum absolute atomic E-state index is 0.285. The van der Waals surface area contributed by atoms with E-state index in [9.17, 15) is 48.6 Å². The molecule has 4 nitrogen and oxygen atoms in total. The fourth-order valence-corrected chi connectivity index (χ4v) is 4.13. The Bertz CT molecular complexity index is 1060. The number of aromatic nitrogens is 1. The van der Waals surface area contributed by atoms with E-state index in [0.717, 1.165) is 6.07 Å². The zero-order valence-electron chi connectivity index (χ0n) is 14.0. The smallest absolute Gasteiger partial charge is 0.382 e. The number of aliphatic hydroxyl groups is 1. The number of nitrogens with zero attached hydrogens (tertiary/aromatic N) is 1. The van der Waals surface area contributed by atoms with Crippen molar-refractivity contribution < 1.29 is 48.6 Å². The Morgan fingerprint density at radius 2 is 1.83 bits per heavy atom. The number of benzene rings is 1. The van der Waals surface area contributed by atoms with E-state index in [-0.39, 0.29) is 11.8 Å². The molecule has 3 rings (SSSR count). The quantitative estimate of drug-likeness (QED) is 0.714. The molecule has 1 aromatic carbocycles. The number of fused-ring (bicyclic) bond motifs is 1. The van der Waals surface area contributed by atoms with Crippen LogP contribution in [0.4, 0.5) is 35.1 Å². The van der Waals surface area contributed by atoms with Gasteiger partial charge in [-0.15, -0.1) is 0 Å². The predicted molar refractivity (Wildman–Crippen MR) is 82.1 cm³/mol. The fraction of sp³-hybridized carbons (Fsp3) is 0.375. The number of aliphatic hydroxyl groups excluding tert-OH is 1. The zero-order valence-corrected chi connectivity index (χ0v) is 14.8. The third kappa shape index (κ3) is 3.50. The molecule has 29 heavy (non-hydrogen) atoms. The number of hydrogen-bond donors (Lipinski definition) is 1. The molecule has 1 aliphatic rings. The first-order chi connectivity index (χ1) is 13.2. The van der Waals surface area contributed by atoms with Crippen molar-refractivity contribution >= 4 is 9.84 Å². The van der Waals surface area contributed by atoms with Gasteiger partial charge in [0.1, 0.15) is 11.9 Å². The number of halogens is 8.